The van der Waals surface area contributed by atoms with Crippen LogP contribution in [-0.4, -0.2) is 11.9 Å². The third-order valence-electron chi connectivity index (χ3n) is 2.50. The summed E-state index contributed by atoms with van der Waals surface area (Å²) in [6.07, 6.45) is 0.674. The summed E-state index contributed by atoms with van der Waals surface area (Å²) < 4.78 is 1.69. The van der Waals surface area contributed by atoms with Crippen LogP contribution in [0, 0.1) is 12.8 Å². The predicted octanol–water partition coefficient (Wildman–Crippen LogP) is 3.83. The number of carbonyl (C=O) groups is 1. The molecule has 1 aromatic carbocycles. The molecule has 0 saturated carbocycles. The monoisotopic (exact) mass is 376 g/mol. The van der Waals surface area contributed by atoms with Crippen molar-refractivity contribution in [1.29, 1.82) is 0 Å². The lowest BCUT2D eigenvalue weighted by Gasteiger charge is -2.16. The van der Waals surface area contributed by atoms with Crippen molar-refractivity contribution in [3.8, 4) is 0 Å². The molecule has 0 spiro atoms. The highest BCUT2D eigenvalue weighted by atomic mass is 79.9. The lowest BCUT2D eigenvalue weighted by Crippen LogP contribution is -2.36. The average Bonchev–Trinajstić information content (AvgIpc) is 2.21. The van der Waals surface area contributed by atoms with E-state index in [0.29, 0.717) is 12.3 Å². The Bertz CT molecular complexity index is 424. The van der Waals surface area contributed by atoms with Gasteiger partial charge in [0.15, 0.2) is 0 Å². The van der Waals surface area contributed by atoms with E-state index in [0.717, 1.165) is 20.2 Å². The molecule has 100 valence electrons. The minimum Gasteiger partial charge on any atom is -0.323 e. The number of amides is 1. The minimum atomic E-state index is -0.481. The molecule has 0 aromatic heterocycles. The van der Waals surface area contributed by atoms with Crippen LogP contribution in [0.4, 0.5) is 5.69 Å². The molecule has 0 aliphatic carbocycles. The van der Waals surface area contributed by atoms with Crippen molar-refractivity contribution in [2.75, 3.05) is 5.32 Å². The smallest absolute Gasteiger partial charge is 0.241 e. The summed E-state index contributed by atoms with van der Waals surface area (Å²) in [6.45, 7) is 6.08. The summed E-state index contributed by atoms with van der Waals surface area (Å²) in [6, 6.07) is 3.42. The van der Waals surface area contributed by atoms with E-state index in [-0.39, 0.29) is 5.91 Å². The maximum absolute atomic E-state index is 12.0. The van der Waals surface area contributed by atoms with Crippen LogP contribution in [0.25, 0.3) is 0 Å². The molecular formula is C13H18Br2N2O. The SMILES string of the molecule is Cc1cc(Br)c(NC(=O)[C@@H](N)CC(C)C)c(Br)c1. The van der Waals surface area contributed by atoms with E-state index < -0.39 is 6.04 Å². The van der Waals surface area contributed by atoms with E-state index in [2.05, 4.69) is 37.2 Å². The molecule has 1 amide bonds. The number of carbonyl (C=O) groups excluding carboxylic acids is 1. The Morgan fingerprint density at radius 3 is 2.28 bits per heavy atom. The lowest BCUT2D eigenvalue weighted by atomic mass is 10.0. The third-order valence-corrected chi connectivity index (χ3v) is 3.75. The van der Waals surface area contributed by atoms with Gasteiger partial charge in [-0.2, -0.15) is 0 Å². The summed E-state index contributed by atoms with van der Waals surface area (Å²) >= 11 is 6.88. The fourth-order valence-corrected chi connectivity index (χ4v) is 3.26. The van der Waals surface area contributed by atoms with Gasteiger partial charge in [-0.05, 0) is 68.8 Å². The second kappa shape index (κ2) is 6.68. The van der Waals surface area contributed by atoms with Crippen LogP contribution in [0.2, 0.25) is 0 Å². The summed E-state index contributed by atoms with van der Waals surface area (Å²) in [5.74, 6) is 0.240. The largest absolute Gasteiger partial charge is 0.323 e. The van der Waals surface area contributed by atoms with Gasteiger partial charge < -0.3 is 11.1 Å². The van der Waals surface area contributed by atoms with E-state index in [1.807, 2.05) is 32.9 Å². The molecule has 1 rings (SSSR count). The molecule has 0 fully saturated rings. The van der Waals surface area contributed by atoms with E-state index in [1.54, 1.807) is 0 Å². The number of nitrogens with one attached hydrogen (secondary N) is 1. The fraction of sp³-hybridized carbons (Fsp3) is 0.462. The molecule has 0 bridgehead atoms. The Morgan fingerprint density at radius 1 is 1.33 bits per heavy atom. The molecule has 1 atom stereocenters. The van der Waals surface area contributed by atoms with Crippen molar-refractivity contribution in [1.82, 2.24) is 0 Å². The van der Waals surface area contributed by atoms with Crippen molar-refractivity contribution in [3.05, 3.63) is 26.6 Å². The number of aryl methyl sites for hydroxylation is 1. The van der Waals surface area contributed by atoms with Crippen LogP contribution in [0.15, 0.2) is 21.1 Å². The van der Waals surface area contributed by atoms with E-state index in [4.69, 9.17) is 5.73 Å². The van der Waals surface area contributed by atoms with Gasteiger partial charge in [0, 0.05) is 8.95 Å². The van der Waals surface area contributed by atoms with Crippen molar-refractivity contribution in [3.63, 3.8) is 0 Å². The minimum absolute atomic E-state index is 0.158. The van der Waals surface area contributed by atoms with Crippen LogP contribution in [-0.2, 0) is 4.79 Å². The molecule has 0 saturated heterocycles. The van der Waals surface area contributed by atoms with Crippen LogP contribution in [0.1, 0.15) is 25.8 Å². The summed E-state index contributed by atoms with van der Waals surface area (Å²) in [5, 5.41) is 2.85. The second-order valence-electron chi connectivity index (χ2n) is 4.83. The summed E-state index contributed by atoms with van der Waals surface area (Å²) in [5.41, 5.74) is 7.69. The average molecular weight is 378 g/mol. The number of benzene rings is 1. The van der Waals surface area contributed by atoms with Crippen molar-refractivity contribution >= 4 is 43.5 Å². The number of hydrogen-bond donors (Lipinski definition) is 2. The van der Waals surface area contributed by atoms with Gasteiger partial charge >= 0.3 is 0 Å². The summed E-state index contributed by atoms with van der Waals surface area (Å²) in [4.78, 5) is 12.0. The molecule has 18 heavy (non-hydrogen) atoms. The van der Waals surface area contributed by atoms with Gasteiger partial charge in [0.2, 0.25) is 5.91 Å². The van der Waals surface area contributed by atoms with Crippen LogP contribution >= 0.6 is 31.9 Å². The first kappa shape index (κ1) is 15.7. The zero-order valence-corrected chi connectivity index (χ0v) is 13.9. The van der Waals surface area contributed by atoms with Crippen molar-refractivity contribution < 1.29 is 4.79 Å². The van der Waals surface area contributed by atoms with Crippen molar-refractivity contribution in [2.24, 2.45) is 11.7 Å². The first-order valence-electron chi connectivity index (χ1n) is 5.83. The number of anilines is 1. The maximum Gasteiger partial charge on any atom is 0.241 e. The number of nitrogens with two attached hydrogens (primary N) is 1. The molecular weight excluding hydrogens is 360 g/mol. The molecule has 1 aromatic rings. The van der Waals surface area contributed by atoms with E-state index in [1.165, 1.54) is 0 Å². The number of hydrogen-bond acceptors (Lipinski definition) is 2. The van der Waals surface area contributed by atoms with E-state index in [9.17, 15) is 4.79 Å². The summed E-state index contributed by atoms with van der Waals surface area (Å²) in [7, 11) is 0. The first-order chi connectivity index (χ1) is 8.31. The Hall–Kier alpha value is -0.390. The van der Waals surface area contributed by atoms with Gasteiger partial charge in [-0.1, -0.05) is 13.8 Å². The number of rotatable bonds is 4. The Kier molecular flexibility index (Phi) is 5.82. The molecule has 0 unspecified atom stereocenters. The standard InChI is InChI=1S/C13H18Br2N2O/c1-7(2)4-11(16)13(18)17-12-9(14)5-8(3)6-10(12)15/h5-7,11H,4,16H2,1-3H3,(H,17,18)/t11-/m0/s1. The quantitative estimate of drug-likeness (QED) is 0.837. The highest BCUT2D eigenvalue weighted by Gasteiger charge is 2.17. The van der Waals surface area contributed by atoms with Gasteiger partial charge in [-0.25, -0.2) is 0 Å². The third kappa shape index (κ3) is 4.37. The van der Waals surface area contributed by atoms with Gasteiger partial charge in [0.25, 0.3) is 0 Å². The maximum atomic E-state index is 12.0. The second-order valence-corrected chi connectivity index (χ2v) is 6.54. The van der Waals surface area contributed by atoms with Crippen LogP contribution in [0.5, 0.6) is 0 Å². The highest BCUT2D eigenvalue weighted by Crippen LogP contribution is 2.32. The Balaban J connectivity index is 2.82. The topological polar surface area (TPSA) is 55.1 Å². The van der Waals surface area contributed by atoms with Crippen LogP contribution in [0.3, 0.4) is 0 Å². The number of halogens is 2. The molecule has 5 heteroatoms. The lowest BCUT2D eigenvalue weighted by molar-refractivity contribution is -0.117. The van der Waals surface area contributed by atoms with Gasteiger partial charge in [-0.3, -0.25) is 4.79 Å². The molecule has 3 nitrogen and oxygen atoms in total. The molecule has 3 N–H and O–H groups in total. The fourth-order valence-electron chi connectivity index (χ4n) is 1.65. The van der Waals surface area contributed by atoms with E-state index >= 15 is 0 Å². The van der Waals surface area contributed by atoms with Gasteiger partial charge in [0.05, 0.1) is 11.7 Å². The zero-order chi connectivity index (χ0) is 13.9. The first-order valence-corrected chi connectivity index (χ1v) is 7.42. The molecule has 0 radical (unpaired) electrons. The van der Waals surface area contributed by atoms with Gasteiger partial charge in [-0.15, -0.1) is 0 Å². The highest BCUT2D eigenvalue weighted by molar-refractivity contribution is 9.11. The van der Waals surface area contributed by atoms with Crippen molar-refractivity contribution in [2.45, 2.75) is 33.2 Å². The van der Waals surface area contributed by atoms with Crippen LogP contribution < -0.4 is 11.1 Å². The Labute approximate surface area is 125 Å². The Morgan fingerprint density at radius 2 is 1.83 bits per heavy atom. The van der Waals surface area contributed by atoms with Gasteiger partial charge in [0.1, 0.15) is 0 Å². The zero-order valence-electron chi connectivity index (χ0n) is 10.8. The molecule has 0 aliphatic rings. The normalized spacial score (nSPS) is 12.6. The molecule has 0 aliphatic heterocycles. The predicted molar refractivity (Wildman–Crippen MR) is 82.6 cm³/mol. The molecule has 0 heterocycles.